The van der Waals surface area contributed by atoms with Crippen molar-refractivity contribution in [3.63, 3.8) is 0 Å². The number of hydrogen-bond donors (Lipinski definition) is 1. The second kappa shape index (κ2) is 4.45. The number of nitrogens with zero attached hydrogens (tertiary/aromatic N) is 1. The van der Waals surface area contributed by atoms with Gasteiger partial charge in [-0.05, 0) is 24.3 Å². The molecule has 1 heterocycles. The van der Waals surface area contributed by atoms with E-state index in [1.807, 2.05) is 30.3 Å². The van der Waals surface area contributed by atoms with E-state index >= 15 is 0 Å². The van der Waals surface area contributed by atoms with E-state index in [1.165, 1.54) is 12.1 Å². The summed E-state index contributed by atoms with van der Waals surface area (Å²) in [6, 6.07) is 16.3. The first kappa shape index (κ1) is 10.7. The van der Waals surface area contributed by atoms with Crippen LogP contribution >= 0.6 is 0 Å². The summed E-state index contributed by atoms with van der Waals surface area (Å²) in [4.78, 5) is 7.44. The fourth-order valence-electron chi connectivity index (χ4n) is 1.95. The highest BCUT2D eigenvalue weighted by Crippen LogP contribution is 2.28. The topological polar surface area (TPSA) is 28.7 Å². The monoisotopic (exact) mass is 238 g/mol. The molecule has 0 aliphatic rings. The summed E-state index contributed by atoms with van der Waals surface area (Å²) in [6.07, 6.45) is 1.65. The number of imidazole rings is 1. The molecule has 0 aliphatic carbocycles. The maximum Gasteiger partial charge on any atom is 0.123 e. The number of halogens is 1. The molecular formula is C15H11FN2. The Morgan fingerprint density at radius 1 is 0.833 bits per heavy atom. The average molecular weight is 238 g/mol. The van der Waals surface area contributed by atoms with Gasteiger partial charge in [-0.2, -0.15) is 0 Å². The summed E-state index contributed by atoms with van der Waals surface area (Å²) in [7, 11) is 0. The summed E-state index contributed by atoms with van der Waals surface area (Å²) in [5, 5.41) is 0. The maximum absolute atomic E-state index is 12.9. The van der Waals surface area contributed by atoms with Gasteiger partial charge in [0.25, 0.3) is 0 Å². The van der Waals surface area contributed by atoms with Gasteiger partial charge in [0.05, 0.1) is 17.7 Å². The van der Waals surface area contributed by atoms with Crippen molar-refractivity contribution < 1.29 is 4.39 Å². The predicted octanol–water partition coefficient (Wildman–Crippen LogP) is 3.88. The lowest BCUT2D eigenvalue weighted by Crippen LogP contribution is -1.84. The Hall–Kier alpha value is -2.42. The number of aromatic nitrogens is 2. The lowest BCUT2D eigenvalue weighted by Gasteiger charge is -2.03. The number of H-pyrrole nitrogens is 1. The van der Waals surface area contributed by atoms with Crippen LogP contribution in [0.1, 0.15) is 0 Å². The van der Waals surface area contributed by atoms with Crippen molar-refractivity contribution in [3.8, 4) is 22.5 Å². The highest BCUT2D eigenvalue weighted by Gasteiger charge is 2.09. The number of benzene rings is 2. The van der Waals surface area contributed by atoms with Gasteiger partial charge in [0.2, 0.25) is 0 Å². The van der Waals surface area contributed by atoms with Crippen LogP contribution in [0.3, 0.4) is 0 Å². The molecule has 0 amide bonds. The minimum atomic E-state index is -0.237. The molecule has 3 rings (SSSR count). The molecule has 0 spiro atoms. The predicted molar refractivity (Wildman–Crippen MR) is 69.4 cm³/mol. The van der Waals surface area contributed by atoms with Gasteiger partial charge in [0.1, 0.15) is 5.82 Å². The first-order valence-corrected chi connectivity index (χ1v) is 5.69. The molecule has 88 valence electrons. The molecule has 0 saturated heterocycles. The molecule has 3 aromatic rings. The van der Waals surface area contributed by atoms with E-state index in [0.717, 1.165) is 22.5 Å². The number of nitrogens with one attached hydrogen (secondary N) is 1. The van der Waals surface area contributed by atoms with Crippen LogP contribution in [0.4, 0.5) is 4.39 Å². The van der Waals surface area contributed by atoms with Gasteiger partial charge in [-0.25, -0.2) is 9.37 Å². The standard InChI is InChI=1S/C15H11FN2/c16-13-8-6-12(7-9-13)15-14(17-10-18-15)11-4-2-1-3-5-11/h1-10H,(H,17,18). The zero-order valence-corrected chi connectivity index (χ0v) is 9.60. The van der Waals surface area contributed by atoms with Crippen LogP contribution in [0.5, 0.6) is 0 Å². The Kier molecular flexibility index (Phi) is 2.65. The Bertz CT molecular complexity index is 642. The smallest absolute Gasteiger partial charge is 0.123 e. The van der Waals surface area contributed by atoms with Crippen molar-refractivity contribution >= 4 is 0 Å². The molecule has 0 aliphatic heterocycles. The molecule has 1 N–H and O–H groups in total. The highest BCUT2D eigenvalue weighted by atomic mass is 19.1. The van der Waals surface area contributed by atoms with Crippen LogP contribution in [-0.4, -0.2) is 9.97 Å². The Morgan fingerprint density at radius 2 is 1.56 bits per heavy atom. The van der Waals surface area contributed by atoms with Gasteiger partial charge in [0, 0.05) is 11.1 Å². The third-order valence-corrected chi connectivity index (χ3v) is 2.82. The SMILES string of the molecule is Fc1ccc(-c2[nH]cnc2-c2ccccc2)cc1. The van der Waals surface area contributed by atoms with Crippen molar-refractivity contribution in [3.05, 3.63) is 66.7 Å². The third-order valence-electron chi connectivity index (χ3n) is 2.82. The zero-order valence-electron chi connectivity index (χ0n) is 9.60. The van der Waals surface area contributed by atoms with Crippen molar-refractivity contribution in [1.29, 1.82) is 0 Å². The summed E-state index contributed by atoms with van der Waals surface area (Å²) in [6.45, 7) is 0. The summed E-state index contributed by atoms with van der Waals surface area (Å²) >= 11 is 0. The van der Waals surface area contributed by atoms with E-state index in [1.54, 1.807) is 18.5 Å². The van der Waals surface area contributed by atoms with Gasteiger partial charge in [-0.1, -0.05) is 30.3 Å². The van der Waals surface area contributed by atoms with Crippen LogP contribution < -0.4 is 0 Å². The molecule has 0 saturated carbocycles. The highest BCUT2D eigenvalue weighted by molar-refractivity contribution is 5.77. The molecule has 2 nitrogen and oxygen atoms in total. The fraction of sp³-hybridized carbons (Fsp3) is 0. The van der Waals surface area contributed by atoms with E-state index in [0.29, 0.717) is 0 Å². The molecule has 0 bridgehead atoms. The summed E-state index contributed by atoms with van der Waals surface area (Å²) < 4.78 is 12.9. The zero-order chi connectivity index (χ0) is 12.4. The average Bonchev–Trinajstić information content (AvgIpc) is 2.90. The van der Waals surface area contributed by atoms with E-state index in [4.69, 9.17) is 0 Å². The lowest BCUT2D eigenvalue weighted by atomic mass is 10.1. The minimum absolute atomic E-state index is 0.237. The number of hydrogen-bond acceptors (Lipinski definition) is 1. The lowest BCUT2D eigenvalue weighted by molar-refractivity contribution is 0.628. The van der Waals surface area contributed by atoms with Crippen molar-refractivity contribution in [2.24, 2.45) is 0 Å². The van der Waals surface area contributed by atoms with Gasteiger partial charge >= 0.3 is 0 Å². The Balaban J connectivity index is 2.10. The van der Waals surface area contributed by atoms with Gasteiger partial charge in [0.15, 0.2) is 0 Å². The largest absolute Gasteiger partial charge is 0.344 e. The normalized spacial score (nSPS) is 10.5. The molecule has 0 unspecified atom stereocenters. The first-order valence-electron chi connectivity index (χ1n) is 5.69. The summed E-state index contributed by atoms with van der Waals surface area (Å²) in [5.41, 5.74) is 3.74. The Labute approximate surface area is 104 Å². The second-order valence-electron chi connectivity index (χ2n) is 4.00. The fourth-order valence-corrected chi connectivity index (χ4v) is 1.95. The molecular weight excluding hydrogens is 227 g/mol. The molecule has 0 atom stereocenters. The van der Waals surface area contributed by atoms with Gasteiger partial charge < -0.3 is 4.98 Å². The molecule has 0 radical (unpaired) electrons. The molecule has 18 heavy (non-hydrogen) atoms. The van der Waals surface area contributed by atoms with Crippen LogP contribution in [-0.2, 0) is 0 Å². The minimum Gasteiger partial charge on any atom is -0.344 e. The van der Waals surface area contributed by atoms with Gasteiger partial charge in [-0.3, -0.25) is 0 Å². The van der Waals surface area contributed by atoms with E-state index in [-0.39, 0.29) is 5.82 Å². The quantitative estimate of drug-likeness (QED) is 0.721. The first-order chi connectivity index (χ1) is 8.84. The van der Waals surface area contributed by atoms with Crippen LogP contribution in [0.15, 0.2) is 60.9 Å². The molecule has 1 aromatic heterocycles. The Morgan fingerprint density at radius 3 is 2.28 bits per heavy atom. The molecule has 0 fully saturated rings. The van der Waals surface area contributed by atoms with Crippen LogP contribution in [0, 0.1) is 5.82 Å². The maximum atomic E-state index is 12.9. The van der Waals surface area contributed by atoms with Crippen molar-refractivity contribution in [1.82, 2.24) is 9.97 Å². The van der Waals surface area contributed by atoms with Crippen molar-refractivity contribution in [2.75, 3.05) is 0 Å². The molecule has 3 heteroatoms. The second-order valence-corrected chi connectivity index (χ2v) is 4.00. The van der Waals surface area contributed by atoms with E-state index in [2.05, 4.69) is 9.97 Å². The number of rotatable bonds is 2. The van der Waals surface area contributed by atoms with Crippen LogP contribution in [0.25, 0.3) is 22.5 Å². The van der Waals surface area contributed by atoms with E-state index < -0.39 is 0 Å². The number of aromatic amines is 1. The van der Waals surface area contributed by atoms with E-state index in [9.17, 15) is 4.39 Å². The van der Waals surface area contributed by atoms with Gasteiger partial charge in [-0.15, -0.1) is 0 Å². The summed E-state index contributed by atoms with van der Waals surface area (Å²) in [5.74, 6) is -0.237. The third kappa shape index (κ3) is 1.91. The van der Waals surface area contributed by atoms with Crippen LogP contribution in [0.2, 0.25) is 0 Å². The van der Waals surface area contributed by atoms with Crippen molar-refractivity contribution in [2.45, 2.75) is 0 Å². The molecule has 2 aromatic carbocycles.